The first kappa shape index (κ1) is 14.2. The van der Waals surface area contributed by atoms with E-state index in [0.29, 0.717) is 17.5 Å². The van der Waals surface area contributed by atoms with Gasteiger partial charge in [-0.1, -0.05) is 23.7 Å². The summed E-state index contributed by atoms with van der Waals surface area (Å²) in [5, 5.41) is 15.7. The van der Waals surface area contributed by atoms with E-state index in [2.05, 4.69) is 10.6 Å². The van der Waals surface area contributed by atoms with Gasteiger partial charge in [-0.05, 0) is 43.4 Å². The molecule has 0 saturated heterocycles. The molecule has 1 unspecified atom stereocenters. The number of urea groups is 1. The first-order valence-electron chi connectivity index (χ1n) is 6.45. The highest BCUT2D eigenvalue weighted by Gasteiger charge is 2.42. The van der Waals surface area contributed by atoms with E-state index < -0.39 is 5.54 Å². The third kappa shape index (κ3) is 3.85. The van der Waals surface area contributed by atoms with E-state index in [1.165, 1.54) is 0 Å². The van der Waals surface area contributed by atoms with Crippen LogP contribution in [0.5, 0.6) is 0 Å². The zero-order valence-electron chi connectivity index (χ0n) is 10.9. The van der Waals surface area contributed by atoms with Crippen molar-refractivity contribution in [3.63, 3.8) is 0 Å². The molecule has 1 fully saturated rings. The van der Waals surface area contributed by atoms with Gasteiger partial charge >= 0.3 is 6.03 Å². The third-order valence-corrected chi connectivity index (χ3v) is 3.78. The van der Waals surface area contributed by atoms with Crippen molar-refractivity contribution < 1.29 is 9.90 Å². The van der Waals surface area contributed by atoms with Crippen molar-refractivity contribution in [1.82, 2.24) is 10.6 Å². The Morgan fingerprint density at radius 2 is 2.26 bits per heavy atom. The number of amides is 2. The number of rotatable bonds is 5. The molecule has 0 spiro atoms. The van der Waals surface area contributed by atoms with Gasteiger partial charge in [0.1, 0.15) is 0 Å². The highest BCUT2D eigenvalue weighted by atomic mass is 35.5. The predicted octanol–water partition coefficient (Wildman–Crippen LogP) is 2.30. The molecule has 4 nitrogen and oxygen atoms in total. The number of carbonyl (C=O) groups excluding carboxylic acids is 1. The van der Waals surface area contributed by atoms with Gasteiger partial charge in [0.05, 0.1) is 12.1 Å². The number of benzene rings is 1. The molecule has 104 valence electrons. The molecule has 19 heavy (non-hydrogen) atoms. The van der Waals surface area contributed by atoms with Gasteiger partial charge in [0.15, 0.2) is 0 Å². The van der Waals surface area contributed by atoms with Crippen LogP contribution in [0.3, 0.4) is 0 Å². The minimum absolute atomic E-state index is 0.0394. The van der Waals surface area contributed by atoms with Crippen molar-refractivity contribution in [1.29, 1.82) is 0 Å². The number of hydrogen-bond acceptors (Lipinski definition) is 2. The molecule has 3 N–H and O–H groups in total. The number of nitrogens with one attached hydrogen (secondary N) is 2. The maximum absolute atomic E-state index is 11.8. The van der Waals surface area contributed by atoms with Gasteiger partial charge in [-0.25, -0.2) is 4.79 Å². The van der Waals surface area contributed by atoms with E-state index >= 15 is 0 Å². The van der Waals surface area contributed by atoms with Crippen molar-refractivity contribution in [2.24, 2.45) is 5.92 Å². The van der Waals surface area contributed by atoms with E-state index in [0.717, 1.165) is 18.4 Å². The zero-order chi connectivity index (χ0) is 13.9. The second-order valence-electron chi connectivity index (χ2n) is 5.29. The van der Waals surface area contributed by atoms with Gasteiger partial charge in [0, 0.05) is 11.6 Å². The Morgan fingerprint density at radius 3 is 2.84 bits per heavy atom. The molecule has 1 aliphatic carbocycles. The molecule has 2 amide bonds. The summed E-state index contributed by atoms with van der Waals surface area (Å²) in [5.74, 6) is 0.384. The lowest BCUT2D eigenvalue weighted by atomic mass is 9.97. The van der Waals surface area contributed by atoms with Crippen molar-refractivity contribution in [2.75, 3.05) is 6.61 Å². The first-order valence-corrected chi connectivity index (χ1v) is 6.82. The fraction of sp³-hybridized carbons (Fsp3) is 0.500. The van der Waals surface area contributed by atoms with Crippen molar-refractivity contribution in [3.8, 4) is 0 Å². The molecular weight excluding hydrogens is 264 g/mol. The average molecular weight is 283 g/mol. The Kier molecular flexibility index (Phi) is 4.32. The minimum Gasteiger partial charge on any atom is -0.394 e. The topological polar surface area (TPSA) is 61.4 Å². The maximum Gasteiger partial charge on any atom is 0.315 e. The summed E-state index contributed by atoms with van der Waals surface area (Å²) in [4.78, 5) is 11.8. The summed E-state index contributed by atoms with van der Waals surface area (Å²) < 4.78 is 0. The molecule has 0 heterocycles. The Morgan fingerprint density at radius 1 is 1.53 bits per heavy atom. The van der Waals surface area contributed by atoms with E-state index in [4.69, 9.17) is 11.6 Å². The molecular formula is C14H19ClN2O2. The summed E-state index contributed by atoms with van der Waals surface area (Å²) >= 11 is 5.88. The second-order valence-corrected chi connectivity index (χ2v) is 5.72. The van der Waals surface area contributed by atoms with Crippen molar-refractivity contribution >= 4 is 17.6 Å². The van der Waals surface area contributed by atoms with Gasteiger partial charge in [0.25, 0.3) is 0 Å². The lowest BCUT2D eigenvalue weighted by Crippen LogP contribution is -2.53. The second kappa shape index (κ2) is 5.80. The van der Waals surface area contributed by atoms with Crippen LogP contribution in [-0.2, 0) is 6.54 Å². The molecule has 0 radical (unpaired) electrons. The Balaban J connectivity index is 1.84. The van der Waals surface area contributed by atoms with Crippen LogP contribution in [-0.4, -0.2) is 23.3 Å². The van der Waals surface area contributed by atoms with E-state index in [1.807, 2.05) is 25.1 Å². The molecule has 1 aliphatic rings. The monoisotopic (exact) mass is 282 g/mol. The van der Waals surface area contributed by atoms with E-state index in [-0.39, 0.29) is 12.6 Å². The predicted molar refractivity (Wildman–Crippen MR) is 75.0 cm³/mol. The van der Waals surface area contributed by atoms with Crippen LogP contribution in [0.4, 0.5) is 4.79 Å². The van der Waals surface area contributed by atoms with Gasteiger partial charge in [-0.3, -0.25) is 0 Å². The fourth-order valence-electron chi connectivity index (χ4n) is 2.12. The van der Waals surface area contributed by atoms with Gasteiger partial charge in [0.2, 0.25) is 0 Å². The molecule has 0 aromatic heterocycles. The molecule has 2 rings (SSSR count). The van der Waals surface area contributed by atoms with Crippen molar-refractivity contribution in [2.45, 2.75) is 31.8 Å². The van der Waals surface area contributed by atoms with Crippen LogP contribution < -0.4 is 10.6 Å². The summed E-state index contributed by atoms with van der Waals surface area (Å²) in [6.45, 7) is 2.25. The molecule has 1 saturated carbocycles. The summed E-state index contributed by atoms with van der Waals surface area (Å²) in [6.07, 6.45) is 2.12. The highest BCUT2D eigenvalue weighted by molar-refractivity contribution is 6.30. The summed E-state index contributed by atoms with van der Waals surface area (Å²) in [5.41, 5.74) is 0.429. The average Bonchev–Trinajstić information content (AvgIpc) is 3.21. The van der Waals surface area contributed by atoms with Crippen LogP contribution in [0.1, 0.15) is 25.3 Å². The van der Waals surface area contributed by atoms with Gasteiger partial charge in [-0.2, -0.15) is 0 Å². The SMILES string of the molecule is CC(CO)(NC(=O)NCc1cccc(Cl)c1)C1CC1. The maximum atomic E-state index is 11.8. The van der Waals surface area contributed by atoms with Crippen LogP contribution >= 0.6 is 11.6 Å². The Labute approximate surface area is 118 Å². The molecule has 0 aliphatic heterocycles. The van der Waals surface area contributed by atoms with E-state index in [1.54, 1.807) is 6.07 Å². The molecule has 0 bridgehead atoms. The van der Waals surface area contributed by atoms with Crippen LogP contribution in [0.25, 0.3) is 0 Å². The highest BCUT2D eigenvalue weighted by Crippen LogP contribution is 2.39. The summed E-state index contributed by atoms with van der Waals surface area (Å²) in [6, 6.07) is 7.09. The minimum atomic E-state index is -0.515. The van der Waals surface area contributed by atoms with Crippen LogP contribution in [0, 0.1) is 5.92 Å². The van der Waals surface area contributed by atoms with Crippen LogP contribution in [0.2, 0.25) is 5.02 Å². The Hall–Kier alpha value is -1.26. The summed E-state index contributed by atoms with van der Waals surface area (Å²) in [7, 11) is 0. The fourth-order valence-corrected chi connectivity index (χ4v) is 2.34. The third-order valence-electron chi connectivity index (χ3n) is 3.55. The number of carbonyl (C=O) groups is 1. The lowest BCUT2D eigenvalue weighted by Gasteiger charge is -2.28. The Bertz CT molecular complexity index is 463. The molecule has 5 heteroatoms. The number of hydrogen-bond donors (Lipinski definition) is 3. The van der Waals surface area contributed by atoms with E-state index in [9.17, 15) is 9.90 Å². The molecule has 1 aromatic rings. The lowest BCUT2D eigenvalue weighted by molar-refractivity contribution is 0.155. The smallest absolute Gasteiger partial charge is 0.315 e. The first-order chi connectivity index (χ1) is 9.03. The number of aliphatic hydroxyl groups is 1. The van der Waals surface area contributed by atoms with Crippen LogP contribution in [0.15, 0.2) is 24.3 Å². The normalized spacial score (nSPS) is 17.6. The largest absolute Gasteiger partial charge is 0.394 e. The number of halogens is 1. The molecule has 1 atom stereocenters. The quantitative estimate of drug-likeness (QED) is 0.776. The number of aliphatic hydroxyl groups excluding tert-OH is 1. The standard InChI is InChI=1S/C14H19ClN2O2/c1-14(9-18,11-5-6-11)17-13(19)16-8-10-3-2-4-12(15)7-10/h2-4,7,11,18H,5-6,8-9H2,1H3,(H2,16,17,19). The zero-order valence-corrected chi connectivity index (χ0v) is 11.7. The molecule has 1 aromatic carbocycles. The van der Waals surface area contributed by atoms with Crippen molar-refractivity contribution in [3.05, 3.63) is 34.9 Å². The van der Waals surface area contributed by atoms with Gasteiger partial charge in [-0.15, -0.1) is 0 Å². The van der Waals surface area contributed by atoms with Gasteiger partial charge < -0.3 is 15.7 Å².